The predicted molar refractivity (Wildman–Crippen MR) is 95.5 cm³/mol. The first kappa shape index (κ1) is 18.0. The Kier molecular flexibility index (Phi) is 6.34. The fourth-order valence-corrected chi connectivity index (χ4v) is 2.83. The van der Waals surface area contributed by atoms with Gasteiger partial charge in [-0.3, -0.25) is 14.5 Å². The van der Waals surface area contributed by atoms with Gasteiger partial charge in [0.1, 0.15) is 17.4 Å². The molecule has 2 rings (SSSR count). The van der Waals surface area contributed by atoms with E-state index >= 15 is 0 Å². The molecular formula is C17H21N3O3S. The van der Waals surface area contributed by atoms with Gasteiger partial charge in [-0.1, -0.05) is 18.2 Å². The Bertz CT molecular complexity index is 687. The van der Waals surface area contributed by atoms with E-state index in [9.17, 15) is 9.59 Å². The smallest absolute Gasteiger partial charge is 0.251 e. The Morgan fingerprint density at radius 1 is 1.29 bits per heavy atom. The molecule has 0 bridgehead atoms. The topological polar surface area (TPSA) is 84.7 Å². The maximum Gasteiger partial charge on any atom is 0.251 e. The third kappa shape index (κ3) is 4.81. The van der Waals surface area contributed by atoms with E-state index in [1.54, 1.807) is 18.4 Å². The first-order chi connectivity index (χ1) is 11.5. The molecule has 1 atom stereocenters. The molecule has 1 aromatic heterocycles. The fourth-order valence-electron chi connectivity index (χ4n) is 2.03. The molecule has 1 aromatic carbocycles. The van der Waals surface area contributed by atoms with Gasteiger partial charge in [-0.15, -0.1) is 11.3 Å². The van der Waals surface area contributed by atoms with E-state index < -0.39 is 5.91 Å². The molecule has 0 radical (unpaired) electrons. The second-order valence-corrected chi connectivity index (χ2v) is 6.25. The van der Waals surface area contributed by atoms with Crippen LogP contribution in [0.3, 0.4) is 0 Å². The zero-order chi connectivity index (χ0) is 17.5. The average molecular weight is 347 g/mol. The number of hydrogen-bond acceptors (Lipinski definition) is 5. The highest BCUT2D eigenvalue weighted by atomic mass is 32.1. The van der Waals surface area contributed by atoms with Crippen molar-refractivity contribution >= 4 is 28.2 Å². The van der Waals surface area contributed by atoms with Gasteiger partial charge in [0.05, 0.1) is 11.6 Å². The summed E-state index contributed by atoms with van der Waals surface area (Å²) in [6, 6.07) is 10.8. The lowest BCUT2D eigenvalue weighted by molar-refractivity contribution is -0.120. The van der Waals surface area contributed by atoms with E-state index in [2.05, 4.69) is 5.32 Å². The summed E-state index contributed by atoms with van der Waals surface area (Å²) in [5.74, 6) is 0.0543. The van der Waals surface area contributed by atoms with Crippen LogP contribution >= 0.6 is 11.3 Å². The van der Waals surface area contributed by atoms with Crippen LogP contribution in [0, 0.1) is 0 Å². The predicted octanol–water partition coefficient (Wildman–Crippen LogP) is 2.18. The number of ether oxygens (including phenoxy) is 1. The molecule has 2 aromatic rings. The largest absolute Gasteiger partial charge is 0.492 e. The zero-order valence-electron chi connectivity index (χ0n) is 13.7. The van der Waals surface area contributed by atoms with Crippen molar-refractivity contribution in [3.8, 4) is 5.75 Å². The molecule has 0 aliphatic heterocycles. The maximum atomic E-state index is 12.3. The van der Waals surface area contributed by atoms with Crippen molar-refractivity contribution in [2.45, 2.75) is 13.0 Å². The Morgan fingerprint density at radius 2 is 2.00 bits per heavy atom. The number of nitrogens with two attached hydrogens (primary N) is 1. The minimum atomic E-state index is -0.552. The number of thiophene rings is 1. The number of likely N-dealkylation sites (N-methyl/N-ethyl adjacent to an activating group) is 1. The minimum Gasteiger partial charge on any atom is -0.492 e. The van der Waals surface area contributed by atoms with Crippen LogP contribution < -0.4 is 15.8 Å². The third-order valence-electron chi connectivity index (χ3n) is 3.66. The molecule has 7 heteroatoms. The molecule has 0 saturated carbocycles. The number of hydrogen-bond donors (Lipinski definition) is 2. The van der Waals surface area contributed by atoms with Gasteiger partial charge >= 0.3 is 0 Å². The maximum absolute atomic E-state index is 12.3. The number of benzene rings is 1. The van der Waals surface area contributed by atoms with Gasteiger partial charge in [-0.25, -0.2) is 0 Å². The lowest BCUT2D eigenvalue weighted by atomic mass is 10.2. The zero-order valence-corrected chi connectivity index (χ0v) is 14.5. The molecule has 0 aliphatic carbocycles. The quantitative estimate of drug-likeness (QED) is 0.766. The molecule has 128 valence electrons. The van der Waals surface area contributed by atoms with E-state index in [0.717, 1.165) is 5.75 Å². The first-order valence-corrected chi connectivity index (χ1v) is 8.43. The summed E-state index contributed by atoms with van der Waals surface area (Å²) in [4.78, 5) is 25.5. The third-order valence-corrected chi connectivity index (χ3v) is 4.49. The van der Waals surface area contributed by atoms with Crippen LogP contribution in [-0.2, 0) is 4.79 Å². The summed E-state index contributed by atoms with van der Waals surface area (Å²) < 4.78 is 5.63. The molecule has 6 nitrogen and oxygen atoms in total. The lowest BCUT2D eigenvalue weighted by Crippen LogP contribution is -2.41. The molecule has 0 saturated heterocycles. The number of rotatable bonds is 8. The highest BCUT2D eigenvalue weighted by Gasteiger charge is 2.20. The van der Waals surface area contributed by atoms with Crippen molar-refractivity contribution < 1.29 is 14.3 Å². The summed E-state index contributed by atoms with van der Waals surface area (Å²) in [6.45, 7) is 2.87. The second-order valence-electron chi connectivity index (χ2n) is 5.33. The van der Waals surface area contributed by atoms with E-state index in [-0.39, 0.29) is 11.9 Å². The van der Waals surface area contributed by atoms with Gasteiger partial charge in [0.25, 0.3) is 5.91 Å². The summed E-state index contributed by atoms with van der Waals surface area (Å²) in [7, 11) is 1.85. The standard InChI is InChI=1S/C17H21N3O3S/c1-12(16(22)19-17-14(15(18)21)8-11-24-17)20(2)9-10-23-13-6-4-3-5-7-13/h3-8,11-12H,9-10H2,1-2H3,(H2,18,21)(H,19,22). The summed E-state index contributed by atoms with van der Waals surface area (Å²) in [5.41, 5.74) is 5.61. The highest BCUT2D eigenvalue weighted by Crippen LogP contribution is 2.23. The van der Waals surface area contributed by atoms with E-state index in [0.29, 0.717) is 23.7 Å². The number of nitrogens with one attached hydrogen (secondary N) is 1. The minimum absolute atomic E-state index is 0.192. The van der Waals surface area contributed by atoms with Crippen molar-refractivity contribution in [3.05, 3.63) is 47.3 Å². The number of nitrogens with zero attached hydrogens (tertiary/aromatic N) is 1. The van der Waals surface area contributed by atoms with Gasteiger partial charge in [0, 0.05) is 6.54 Å². The number of primary amides is 1. The normalized spacial score (nSPS) is 12.0. The molecule has 24 heavy (non-hydrogen) atoms. The Hall–Kier alpha value is -2.38. The van der Waals surface area contributed by atoms with E-state index in [1.807, 2.05) is 42.3 Å². The SMILES string of the molecule is CC(C(=O)Nc1sccc1C(N)=O)N(C)CCOc1ccccc1. The van der Waals surface area contributed by atoms with Crippen molar-refractivity contribution in [3.63, 3.8) is 0 Å². The number of amides is 2. The summed E-state index contributed by atoms with van der Waals surface area (Å²) in [5, 5.41) is 4.96. The van der Waals surface area contributed by atoms with Crippen LogP contribution in [0.1, 0.15) is 17.3 Å². The number of carbonyl (C=O) groups excluding carboxylic acids is 2. The summed E-state index contributed by atoms with van der Waals surface area (Å²) >= 11 is 1.27. The average Bonchev–Trinajstić information content (AvgIpc) is 3.03. The van der Waals surface area contributed by atoms with Gasteiger partial charge in [-0.2, -0.15) is 0 Å². The van der Waals surface area contributed by atoms with Gasteiger partial charge in [0.2, 0.25) is 5.91 Å². The second kappa shape index (κ2) is 8.47. The number of para-hydroxylation sites is 1. The summed E-state index contributed by atoms with van der Waals surface area (Å²) in [6.07, 6.45) is 0. The molecular weight excluding hydrogens is 326 g/mol. The van der Waals surface area contributed by atoms with Crippen LogP contribution in [0.4, 0.5) is 5.00 Å². The Morgan fingerprint density at radius 3 is 2.67 bits per heavy atom. The van der Waals surface area contributed by atoms with E-state index in [4.69, 9.17) is 10.5 Å². The molecule has 1 heterocycles. The number of anilines is 1. The lowest BCUT2D eigenvalue weighted by Gasteiger charge is -2.23. The van der Waals surface area contributed by atoms with Crippen molar-refractivity contribution in [1.29, 1.82) is 0 Å². The van der Waals surface area contributed by atoms with Crippen LogP contribution in [-0.4, -0.2) is 43.0 Å². The molecule has 0 aliphatic rings. The van der Waals surface area contributed by atoms with Gasteiger partial charge in [-0.05, 0) is 37.6 Å². The first-order valence-electron chi connectivity index (χ1n) is 7.55. The van der Waals surface area contributed by atoms with Crippen LogP contribution in [0.25, 0.3) is 0 Å². The molecule has 1 unspecified atom stereocenters. The fraction of sp³-hybridized carbons (Fsp3) is 0.294. The van der Waals surface area contributed by atoms with Crippen molar-refractivity contribution in [2.24, 2.45) is 5.73 Å². The Balaban J connectivity index is 1.83. The molecule has 3 N–H and O–H groups in total. The van der Waals surface area contributed by atoms with Crippen LogP contribution in [0.15, 0.2) is 41.8 Å². The molecule has 0 spiro atoms. The van der Waals surface area contributed by atoms with Crippen molar-refractivity contribution in [2.75, 3.05) is 25.5 Å². The monoisotopic (exact) mass is 347 g/mol. The molecule has 2 amide bonds. The van der Waals surface area contributed by atoms with E-state index in [1.165, 1.54) is 11.3 Å². The van der Waals surface area contributed by atoms with Crippen LogP contribution in [0.5, 0.6) is 5.75 Å². The van der Waals surface area contributed by atoms with Crippen LogP contribution in [0.2, 0.25) is 0 Å². The number of carbonyl (C=O) groups is 2. The molecule has 0 fully saturated rings. The Labute approximate surface area is 145 Å². The van der Waals surface area contributed by atoms with Gasteiger partial charge in [0.15, 0.2) is 0 Å². The van der Waals surface area contributed by atoms with Crippen molar-refractivity contribution in [1.82, 2.24) is 4.90 Å². The van der Waals surface area contributed by atoms with Gasteiger partial charge < -0.3 is 15.8 Å². The highest BCUT2D eigenvalue weighted by molar-refractivity contribution is 7.14.